The van der Waals surface area contributed by atoms with Gasteiger partial charge in [0.25, 0.3) is 5.91 Å². The number of hydrogen-bond donors (Lipinski definition) is 0. The molecular weight excluding hydrogens is 376 g/mol. The first-order valence-corrected chi connectivity index (χ1v) is 9.37. The van der Waals surface area contributed by atoms with Crippen LogP contribution in [0.4, 0.5) is 0 Å². The van der Waals surface area contributed by atoms with Crippen molar-refractivity contribution in [2.45, 2.75) is 19.4 Å². The van der Waals surface area contributed by atoms with Crippen LogP contribution in [0.1, 0.15) is 29.3 Å². The lowest BCUT2D eigenvalue weighted by Crippen LogP contribution is -2.31. The number of ether oxygens (including phenoxy) is 1. The second-order valence-corrected chi connectivity index (χ2v) is 7.02. The Bertz CT molecular complexity index is 997. The smallest absolute Gasteiger partial charge is 0.281 e. The molecule has 0 aliphatic carbocycles. The van der Waals surface area contributed by atoms with Crippen molar-refractivity contribution in [1.82, 2.24) is 5.01 Å². The van der Waals surface area contributed by atoms with Crippen molar-refractivity contribution >= 4 is 23.2 Å². The minimum Gasteiger partial charge on any atom is -0.483 e. The highest BCUT2D eigenvalue weighted by Crippen LogP contribution is 2.33. The first-order valence-electron chi connectivity index (χ1n) is 8.99. The highest BCUT2D eigenvalue weighted by molar-refractivity contribution is 6.30. The number of para-hydroxylation sites is 1. The molecule has 1 aromatic heterocycles. The number of carbonyl (C=O) groups excluding carboxylic acids is 1. The number of hydrogen-bond acceptors (Lipinski definition) is 4. The van der Waals surface area contributed by atoms with Crippen molar-refractivity contribution in [1.29, 1.82) is 0 Å². The minimum atomic E-state index is -0.298. The summed E-state index contributed by atoms with van der Waals surface area (Å²) >= 11 is 5.98. The molecule has 2 heterocycles. The van der Waals surface area contributed by atoms with Crippen LogP contribution >= 0.6 is 11.6 Å². The van der Waals surface area contributed by atoms with Gasteiger partial charge in [-0.05, 0) is 48.4 Å². The molecule has 0 saturated carbocycles. The fraction of sp³-hybridized carbons (Fsp3) is 0.182. The molecule has 1 unspecified atom stereocenters. The van der Waals surface area contributed by atoms with Gasteiger partial charge in [-0.1, -0.05) is 41.9 Å². The number of furan rings is 1. The Morgan fingerprint density at radius 2 is 1.96 bits per heavy atom. The van der Waals surface area contributed by atoms with Gasteiger partial charge in [0.2, 0.25) is 0 Å². The molecule has 1 atom stereocenters. The van der Waals surface area contributed by atoms with Crippen LogP contribution in [0.2, 0.25) is 5.02 Å². The molecule has 5 nitrogen and oxygen atoms in total. The van der Waals surface area contributed by atoms with E-state index < -0.39 is 0 Å². The summed E-state index contributed by atoms with van der Waals surface area (Å²) < 4.78 is 11.3. The van der Waals surface area contributed by atoms with E-state index in [9.17, 15) is 4.79 Å². The van der Waals surface area contributed by atoms with Crippen LogP contribution in [0.25, 0.3) is 0 Å². The predicted molar refractivity (Wildman–Crippen MR) is 108 cm³/mol. The molecule has 1 amide bonds. The number of carbonyl (C=O) groups is 1. The maximum absolute atomic E-state index is 12.9. The van der Waals surface area contributed by atoms with E-state index in [1.807, 2.05) is 67.6 Å². The van der Waals surface area contributed by atoms with E-state index in [0.717, 1.165) is 16.8 Å². The quantitative estimate of drug-likeness (QED) is 0.612. The summed E-state index contributed by atoms with van der Waals surface area (Å²) in [5, 5.41) is 6.69. The molecule has 4 rings (SSSR count). The van der Waals surface area contributed by atoms with Crippen LogP contribution in [0.3, 0.4) is 0 Å². The molecule has 0 spiro atoms. The summed E-state index contributed by atoms with van der Waals surface area (Å²) in [7, 11) is 0. The van der Waals surface area contributed by atoms with Gasteiger partial charge in [0.15, 0.2) is 6.61 Å². The third-order valence-corrected chi connectivity index (χ3v) is 4.91. The van der Waals surface area contributed by atoms with Crippen LogP contribution in [-0.2, 0) is 4.79 Å². The van der Waals surface area contributed by atoms with E-state index in [2.05, 4.69) is 5.10 Å². The number of rotatable bonds is 5. The zero-order chi connectivity index (χ0) is 19.5. The SMILES string of the molecule is Cc1ccccc1OCC(=O)N1N=C(c2ccc(Cl)cc2)CC1c1ccco1. The van der Waals surface area contributed by atoms with E-state index in [0.29, 0.717) is 23.0 Å². The summed E-state index contributed by atoms with van der Waals surface area (Å²) in [6, 6.07) is 18.4. The Labute approximate surface area is 168 Å². The molecule has 6 heteroatoms. The Morgan fingerprint density at radius 1 is 1.18 bits per heavy atom. The van der Waals surface area contributed by atoms with Gasteiger partial charge >= 0.3 is 0 Å². The Morgan fingerprint density at radius 3 is 2.68 bits per heavy atom. The summed E-state index contributed by atoms with van der Waals surface area (Å²) in [6.45, 7) is 1.84. The Hall–Kier alpha value is -3.05. The van der Waals surface area contributed by atoms with Crippen LogP contribution in [0, 0.1) is 6.92 Å². The second kappa shape index (κ2) is 7.90. The lowest BCUT2D eigenvalue weighted by Gasteiger charge is -2.20. The van der Waals surface area contributed by atoms with Gasteiger partial charge in [0.1, 0.15) is 17.6 Å². The largest absolute Gasteiger partial charge is 0.483 e. The van der Waals surface area contributed by atoms with Gasteiger partial charge < -0.3 is 9.15 Å². The van der Waals surface area contributed by atoms with E-state index in [-0.39, 0.29) is 18.6 Å². The Balaban J connectivity index is 1.56. The van der Waals surface area contributed by atoms with Gasteiger partial charge in [-0.15, -0.1) is 0 Å². The first-order chi connectivity index (χ1) is 13.6. The molecule has 0 fully saturated rings. The van der Waals surface area contributed by atoms with E-state index in [1.54, 1.807) is 6.26 Å². The first kappa shape index (κ1) is 18.3. The number of benzene rings is 2. The molecule has 1 aliphatic rings. The molecule has 1 aliphatic heterocycles. The van der Waals surface area contributed by atoms with Gasteiger partial charge in [-0.2, -0.15) is 5.10 Å². The van der Waals surface area contributed by atoms with Gasteiger partial charge in [-0.3, -0.25) is 4.79 Å². The molecule has 3 aromatic rings. The van der Waals surface area contributed by atoms with Gasteiger partial charge in [-0.25, -0.2) is 5.01 Å². The fourth-order valence-corrected chi connectivity index (χ4v) is 3.31. The molecule has 142 valence electrons. The van der Waals surface area contributed by atoms with E-state index in [4.69, 9.17) is 20.8 Å². The van der Waals surface area contributed by atoms with Crippen LogP contribution < -0.4 is 4.74 Å². The van der Waals surface area contributed by atoms with E-state index >= 15 is 0 Å². The van der Waals surface area contributed by atoms with Crippen molar-refractivity contribution in [3.63, 3.8) is 0 Å². The maximum Gasteiger partial charge on any atom is 0.281 e. The van der Waals surface area contributed by atoms with Crippen LogP contribution in [0.15, 0.2) is 76.4 Å². The molecule has 0 radical (unpaired) electrons. The third-order valence-electron chi connectivity index (χ3n) is 4.66. The number of amides is 1. The van der Waals surface area contributed by atoms with Crippen molar-refractivity contribution in [3.05, 3.63) is 88.8 Å². The lowest BCUT2D eigenvalue weighted by atomic mass is 10.0. The molecule has 2 aromatic carbocycles. The summed E-state index contributed by atoms with van der Waals surface area (Å²) in [5.41, 5.74) is 2.71. The summed E-state index contributed by atoms with van der Waals surface area (Å²) in [4.78, 5) is 12.9. The number of aryl methyl sites for hydroxylation is 1. The zero-order valence-corrected chi connectivity index (χ0v) is 16.1. The van der Waals surface area contributed by atoms with Gasteiger partial charge in [0, 0.05) is 11.4 Å². The molecule has 0 N–H and O–H groups in total. The van der Waals surface area contributed by atoms with Gasteiger partial charge in [0.05, 0.1) is 12.0 Å². The summed E-state index contributed by atoms with van der Waals surface area (Å²) in [6.07, 6.45) is 2.16. The van der Waals surface area contributed by atoms with Crippen molar-refractivity contribution < 1.29 is 13.9 Å². The van der Waals surface area contributed by atoms with Crippen LogP contribution in [0.5, 0.6) is 5.75 Å². The Kier molecular flexibility index (Phi) is 5.17. The highest BCUT2D eigenvalue weighted by atomic mass is 35.5. The average Bonchev–Trinajstić information content (AvgIpc) is 3.37. The van der Waals surface area contributed by atoms with Crippen molar-refractivity contribution in [2.75, 3.05) is 6.61 Å². The molecular formula is C22H19ClN2O3. The number of halogens is 1. The average molecular weight is 395 g/mol. The molecule has 28 heavy (non-hydrogen) atoms. The molecule has 0 bridgehead atoms. The predicted octanol–water partition coefficient (Wildman–Crippen LogP) is 5.00. The van der Waals surface area contributed by atoms with Crippen molar-refractivity contribution in [2.24, 2.45) is 5.10 Å². The highest BCUT2D eigenvalue weighted by Gasteiger charge is 2.35. The third kappa shape index (κ3) is 3.80. The van der Waals surface area contributed by atoms with Crippen molar-refractivity contribution in [3.8, 4) is 5.75 Å². The fourth-order valence-electron chi connectivity index (χ4n) is 3.18. The molecule has 0 saturated heterocycles. The van der Waals surface area contributed by atoms with Crippen LogP contribution in [-0.4, -0.2) is 23.2 Å². The number of nitrogens with zero attached hydrogens (tertiary/aromatic N) is 2. The minimum absolute atomic E-state index is 0.0978. The lowest BCUT2D eigenvalue weighted by molar-refractivity contribution is -0.135. The number of hydrazone groups is 1. The maximum atomic E-state index is 12.9. The normalized spacial score (nSPS) is 16.1. The topological polar surface area (TPSA) is 55.0 Å². The van der Waals surface area contributed by atoms with E-state index in [1.165, 1.54) is 5.01 Å². The summed E-state index contributed by atoms with van der Waals surface area (Å²) in [5.74, 6) is 1.15. The standard InChI is InChI=1S/C22H19ClN2O3/c1-15-5-2-3-6-20(15)28-14-22(26)25-19(21-7-4-12-27-21)13-18(24-25)16-8-10-17(23)11-9-16/h2-12,19H,13-14H2,1H3. The second-order valence-electron chi connectivity index (χ2n) is 6.58. The zero-order valence-electron chi connectivity index (χ0n) is 15.3. The monoisotopic (exact) mass is 394 g/mol.